The van der Waals surface area contributed by atoms with Crippen LogP contribution in [0.2, 0.25) is 0 Å². The Hall–Kier alpha value is -0.590. The van der Waals surface area contributed by atoms with Crippen molar-refractivity contribution in [2.45, 2.75) is 29.6 Å². The van der Waals surface area contributed by atoms with Crippen LogP contribution in [0.3, 0.4) is 0 Å². The van der Waals surface area contributed by atoms with Gasteiger partial charge in [0, 0.05) is 12.1 Å². The highest BCUT2D eigenvalue weighted by Gasteiger charge is 2.17. The van der Waals surface area contributed by atoms with Gasteiger partial charge in [-0.2, -0.15) is 0 Å². The molecule has 1 atom stereocenters. The number of sulfone groups is 2. The maximum atomic E-state index is 12.1. The van der Waals surface area contributed by atoms with Crippen molar-refractivity contribution >= 4 is 31.3 Å². The molecule has 0 amide bonds. The Labute approximate surface area is 126 Å². The quantitative estimate of drug-likeness (QED) is 0.716. The van der Waals surface area contributed by atoms with E-state index >= 15 is 0 Å². The second kappa shape index (κ2) is 6.91. The van der Waals surface area contributed by atoms with E-state index in [0.29, 0.717) is 12.3 Å². The summed E-state index contributed by atoms with van der Waals surface area (Å²) in [5.74, 6) is 0.811. The zero-order valence-corrected chi connectivity index (χ0v) is 13.9. The van der Waals surface area contributed by atoms with Crippen LogP contribution >= 0.6 is 11.6 Å². The zero-order chi connectivity index (χ0) is 15.4. The highest BCUT2D eigenvalue weighted by atomic mass is 35.5. The summed E-state index contributed by atoms with van der Waals surface area (Å²) in [6.45, 7) is 1.96. The van der Waals surface area contributed by atoms with Crippen LogP contribution in [0, 0.1) is 5.92 Å². The lowest BCUT2D eigenvalue weighted by molar-refractivity contribution is 0.534. The molecule has 114 valence electrons. The number of alkyl halides is 1. The van der Waals surface area contributed by atoms with Crippen molar-refractivity contribution in [1.82, 2.24) is 0 Å². The summed E-state index contributed by atoms with van der Waals surface area (Å²) < 4.78 is 46.9. The van der Waals surface area contributed by atoms with E-state index in [-0.39, 0.29) is 21.5 Å². The van der Waals surface area contributed by atoms with Crippen molar-refractivity contribution in [2.24, 2.45) is 5.92 Å². The molecule has 0 radical (unpaired) electrons. The van der Waals surface area contributed by atoms with Gasteiger partial charge in [0.25, 0.3) is 0 Å². The molecule has 0 fully saturated rings. The molecule has 1 rings (SSSR count). The number of hydrogen-bond acceptors (Lipinski definition) is 4. The molecule has 7 heteroatoms. The molecule has 0 aliphatic carbocycles. The molecule has 0 bridgehead atoms. The van der Waals surface area contributed by atoms with Gasteiger partial charge in [-0.05, 0) is 43.0 Å². The molecule has 0 aromatic heterocycles. The second-order valence-electron chi connectivity index (χ2n) is 4.93. The molecule has 0 aliphatic heterocycles. The fourth-order valence-corrected chi connectivity index (χ4v) is 4.20. The molecule has 0 saturated heterocycles. The van der Waals surface area contributed by atoms with Crippen LogP contribution in [-0.4, -0.2) is 34.7 Å². The Morgan fingerprint density at radius 2 is 1.50 bits per heavy atom. The minimum atomic E-state index is -3.37. The van der Waals surface area contributed by atoms with Gasteiger partial charge in [0.15, 0.2) is 19.7 Å². The van der Waals surface area contributed by atoms with Crippen LogP contribution in [0.15, 0.2) is 34.1 Å². The van der Waals surface area contributed by atoms with Crippen molar-refractivity contribution in [1.29, 1.82) is 0 Å². The first-order chi connectivity index (χ1) is 9.16. The lowest BCUT2D eigenvalue weighted by atomic mass is 10.1. The Morgan fingerprint density at radius 1 is 1.00 bits per heavy atom. The molecule has 0 saturated carbocycles. The molecule has 4 nitrogen and oxygen atoms in total. The van der Waals surface area contributed by atoms with E-state index in [1.54, 1.807) is 0 Å². The second-order valence-corrected chi connectivity index (χ2v) is 9.44. The normalized spacial score (nSPS) is 14.2. The Bertz CT molecular complexity index is 633. The summed E-state index contributed by atoms with van der Waals surface area (Å²) in [5.41, 5.74) is 0. The molecule has 0 N–H and O–H groups in total. The van der Waals surface area contributed by atoms with Gasteiger partial charge in [-0.25, -0.2) is 16.8 Å². The fraction of sp³-hybridized carbons (Fsp3) is 0.538. The first-order valence-corrected chi connectivity index (χ1v) is 10.3. The summed E-state index contributed by atoms with van der Waals surface area (Å²) in [6, 6.07) is 5.34. The molecular formula is C13H19ClO4S2. The minimum Gasteiger partial charge on any atom is -0.224 e. The zero-order valence-electron chi connectivity index (χ0n) is 11.5. The molecule has 0 spiro atoms. The van der Waals surface area contributed by atoms with Gasteiger partial charge >= 0.3 is 0 Å². The Balaban J connectivity index is 2.83. The summed E-state index contributed by atoms with van der Waals surface area (Å²) in [5, 5.41) is 0. The lowest BCUT2D eigenvalue weighted by Gasteiger charge is -2.10. The van der Waals surface area contributed by atoms with Gasteiger partial charge in [0.1, 0.15) is 0 Å². The Kier molecular flexibility index (Phi) is 6.04. The van der Waals surface area contributed by atoms with E-state index in [4.69, 9.17) is 11.6 Å². The van der Waals surface area contributed by atoms with Crippen LogP contribution in [0.4, 0.5) is 0 Å². The van der Waals surface area contributed by atoms with E-state index in [0.717, 1.165) is 12.7 Å². The van der Waals surface area contributed by atoms with Crippen LogP contribution in [0.1, 0.15) is 19.8 Å². The number of rotatable bonds is 7. The first kappa shape index (κ1) is 17.5. The summed E-state index contributed by atoms with van der Waals surface area (Å²) in [7, 11) is -6.68. The molecule has 1 aromatic carbocycles. The van der Waals surface area contributed by atoms with E-state index in [2.05, 4.69) is 0 Å². The van der Waals surface area contributed by atoms with Crippen molar-refractivity contribution < 1.29 is 16.8 Å². The van der Waals surface area contributed by atoms with E-state index < -0.39 is 19.7 Å². The summed E-state index contributed by atoms with van der Waals surface area (Å²) in [6.07, 6.45) is 2.41. The van der Waals surface area contributed by atoms with E-state index in [1.807, 2.05) is 6.92 Å². The van der Waals surface area contributed by atoms with Crippen LogP contribution in [-0.2, 0) is 19.7 Å². The third kappa shape index (κ3) is 5.07. The van der Waals surface area contributed by atoms with E-state index in [1.165, 1.54) is 24.3 Å². The maximum Gasteiger partial charge on any atom is 0.178 e. The SMILES string of the molecule is CC(CCCl)CCS(=O)(=O)c1ccc(S(C)(=O)=O)cc1. The predicted molar refractivity (Wildman–Crippen MR) is 80.7 cm³/mol. The third-order valence-electron chi connectivity index (χ3n) is 3.09. The van der Waals surface area contributed by atoms with Crippen LogP contribution in [0.5, 0.6) is 0 Å². The summed E-state index contributed by atoms with van der Waals surface area (Å²) in [4.78, 5) is 0.273. The van der Waals surface area contributed by atoms with Gasteiger partial charge in [0.05, 0.1) is 15.5 Å². The molecule has 1 aromatic rings. The van der Waals surface area contributed by atoms with Gasteiger partial charge in [0.2, 0.25) is 0 Å². The van der Waals surface area contributed by atoms with Crippen molar-refractivity contribution in [3.05, 3.63) is 24.3 Å². The van der Waals surface area contributed by atoms with Gasteiger partial charge < -0.3 is 0 Å². The average molecular weight is 339 g/mol. The maximum absolute atomic E-state index is 12.1. The monoisotopic (exact) mass is 338 g/mol. The minimum absolute atomic E-state index is 0.0449. The standard InChI is InChI=1S/C13H19ClO4S2/c1-11(7-9-14)8-10-20(17,18)13-5-3-12(4-6-13)19(2,15)16/h3-6,11H,7-10H2,1-2H3. The summed E-state index contributed by atoms with van der Waals surface area (Å²) >= 11 is 5.62. The fourth-order valence-electron chi connectivity index (χ4n) is 1.70. The number of benzene rings is 1. The number of halogens is 1. The molecular weight excluding hydrogens is 320 g/mol. The molecule has 0 aliphatic rings. The van der Waals surface area contributed by atoms with Gasteiger partial charge in [-0.3, -0.25) is 0 Å². The molecule has 1 unspecified atom stereocenters. The largest absolute Gasteiger partial charge is 0.224 e. The highest BCUT2D eigenvalue weighted by molar-refractivity contribution is 7.91. The Morgan fingerprint density at radius 3 is 1.95 bits per heavy atom. The topological polar surface area (TPSA) is 68.3 Å². The molecule has 0 heterocycles. The lowest BCUT2D eigenvalue weighted by Crippen LogP contribution is -2.11. The predicted octanol–water partition coefficient (Wildman–Crippen LogP) is 2.52. The van der Waals surface area contributed by atoms with Crippen molar-refractivity contribution in [2.75, 3.05) is 17.9 Å². The first-order valence-electron chi connectivity index (χ1n) is 6.25. The van der Waals surface area contributed by atoms with E-state index in [9.17, 15) is 16.8 Å². The van der Waals surface area contributed by atoms with Gasteiger partial charge in [-0.15, -0.1) is 11.6 Å². The smallest absolute Gasteiger partial charge is 0.178 e. The molecule has 20 heavy (non-hydrogen) atoms. The van der Waals surface area contributed by atoms with Crippen LogP contribution < -0.4 is 0 Å². The van der Waals surface area contributed by atoms with Crippen molar-refractivity contribution in [3.8, 4) is 0 Å². The number of hydrogen-bond donors (Lipinski definition) is 0. The van der Waals surface area contributed by atoms with Crippen LogP contribution in [0.25, 0.3) is 0 Å². The third-order valence-corrected chi connectivity index (χ3v) is 6.20. The average Bonchev–Trinajstić information content (AvgIpc) is 2.36. The van der Waals surface area contributed by atoms with Gasteiger partial charge in [-0.1, -0.05) is 6.92 Å². The van der Waals surface area contributed by atoms with Crippen molar-refractivity contribution in [3.63, 3.8) is 0 Å². The highest BCUT2D eigenvalue weighted by Crippen LogP contribution is 2.18.